The van der Waals surface area contributed by atoms with Gasteiger partial charge in [0, 0.05) is 23.3 Å². The largest absolute Gasteiger partial charge is 0.489 e. The lowest BCUT2D eigenvalue weighted by Crippen LogP contribution is -2.40. The van der Waals surface area contributed by atoms with Crippen LogP contribution < -0.4 is 15.4 Å². The maximum atomic E-state index is 13.0. The van der Waals surface area contributed by atoms with Crippen molar-refractivity contribution in [2.24, 2.45) is 5.92 Å². The first kappa shape index (κ1) is 22.0. The molecule has 0 aromatic heterocycles. The number of nitrogens with zero attached hydrogens (tertiary/aromatic N) is 2. The summed E-state index contributed by atoms with van der Waals surface area (Å²) in [4.78, 5) is 4.67. The SMILES string of the molecule is C=C(CN1CCC(CCCc2ccc(F)cc2)CC1)N1CCOc2cc(Cl)cc(N)c21. The Hall–Kier alpha value is -2.24. The van der Waals surface area contributed by atoms with Gasteiger partial charge >= 0.3 is 0 Å². The molecule has 2 aromatic carbocycles. The van der Waals surface area contributed by atoms with Crippen molar-refractivity contribution in [2.45, 2.75) is 32.1 Å². The summed E-state index contributed by atoms with van der Waals surface area (Å²) in [5.74, 6) is 1.34. The Balaban J connectivity index is 1.24. The molecule has 0 atom stereocenters. The lowest BCUT2D eigenvalue weighted by atomic mass is 9.90. The molecule has 4 rings (SSSR count). The van der Waals surface area contributed by atoms with Crippen LogP contribution in [-0.4, -0.2) is 37.7 Å². The van der Waals surface area contributed by atoms with E-state index >= 15 is 0 Å². The second-order valence-electron chi connectivity index (χ2n) is 8.65. The molecule has 2 aliphatic rings. The number of benzene rings is 2. The Morgan fingerprint density at radius 2 is 1.90 bits per heavy atom. The van der Waals surface area contributed by atoms with Gasteiger partial charge in [-0.25, -0.2) is 4.39 Å². The first-order valence-electron chi connectivity index (χ1n) is 11.1. The molecule has 31 heavy (non-hydrogen) atoms. The molecule has 0 aliphatic carbocycles. The predicted octanol–water partition coefficient (Wildman–Crippen LogP) is 5.51. The minimum absolute atomic E-state index is 0.162. The van der Waals surface area contributed by atoms with Gasteiger partial charge in [0.15, 0.2) is 0 Å². The summed E-state index contributed by atoms with van der Waals surface area (Å²) in [5.41, 5.74) is 10.0. The molecule has 0 amide bonds. The summed E-state index contributed by atoms with van der Waals surface area (Å²) in [6.07, 6.45) is 5.86. The first-order chi connectivity index (χ1) is 15.0. The monoisotopic (exact) mass is 443 g/mol. The fourth-order valence-corrected chi connectivity index (χ4v) is 4.91. The van der Waals surface area contributed by atoms with E-state index in [2.05, 4.69) is 16.4 Å². The molecular formula is C25H31ClFN3O. The molecule has 166 valence electrons. The third kappa shape index (κ3) is 5.52. The number of nitrogen functional groups attached to an aromatic ring is 1. The number of anilines is 2. The van der Waals surface area contributed by atoms with Crippen LogP contribution in [0, 0.1) is 11.7 Å². The van der Waals surface area contributed by atoms with Crippen molar-refractivity contribution in [3.63, 3.8) is 0 Å². The molecule has 2 N–H and O–H groups in total. The van der Waals surface area contributed by atoms with E-state index in [4.69, 9.17) is 22.1 Å². The van der Waals surface area contributed by atoms with Crippen LogP contribution in [0.2, 0.25) is 5.02 Å². The van der Waals surface area contributed by atoms with Crippen LogP contribution in [0.15, 0.2) is 48.7 Å². The normalized spacial score (nSPS) is 17.3. The highest BCUT2D eigenvalue weighted by molar-refractivity contribution is 6.31. The Bertz CT molecular complexity index is 910. The molecule has 2 heterocycles. The minimum atomic E-state index is -0.162. The molecule has 0 radical (unpaired) electrons. The number of hydrogen-bond acceptors (Lipinski definition) is 4. The van der Waals surface area contributed by atoms with Crippen LogP contribution in [0.3, 0.4) is 0 Å². The average Bonchev–Trinajstić information content (AvgIpc) is 2.75. The van der Waals surface area contributed by atoms with Crippen LogP contribution in [0.25, 0.3) is 0 Å². The molecule has 0 unspecified atom stereocenters. The van der Waals surface area contributed by atoms with Gasteiger partial charge in [0.2, 0.25) is 0 Å². The summed E-state index contributed by atoms with van der Waals surface area (Å²) >= 11 is 6.13. The number of nitrogens with two attached hydrogens (primary N) is 1. The first-order valence-corrected chi connectivity index (χ1v) is 11.5. The van der Waals surface area contributed by atoms with E-state index in [9.17, 15) is 4.39 Å². The van der Waals surface area contributed by atoms with Crippen molar-refractivity contribution in [1.82, 2.24) is 4.90 Å². The summed E-state index contributed by atoms with van der Waals surface area (Å²) in [6.45, 7) is 8.72. The fourth-order valence-electron chi connectivity index (χ4n) is 4.69. The number of likely N-dealkylation sites (tertiary alicyclic amines) is 1. The summed E-state index contributed by atoms with van der Waals surface area (Å²) in [6, 6.07) is 10.5. The second kappa shape index (κ2) is 9.92. The average molecular weight is 444 g/mol. The van der Waals surface area contributed by atoms with Crippen LogP contribution in [0.5, 0.6) is 5.75 Å². The van der Waals surface area contributed by atoms with Gasteiger partial charge in [-0.1, -0.05) is 36.7 Å². The summed E-state index contributed by atoms with van der Waals surface area (Å²) in [5, 5.41) is 0.588. The molecule has 6 heteroatoms. The highest BCUT2D eigenvalue weighted by Gasteiger charge is 2.26. The van der Waals surface area contributed by atoms with E-state index in [0.29, 0.717) is 17.3 Å². The van der Waals surface area contributed by atoms with Gasteiger partial charge < -0.3 is 15.4 Å². The number of halogens is 2. The Morgan fingerprint density at radius 1 is 1.16 bits per heavy atom. The van der Waals surface area contributed by atoms with Crippen molar-refractivity contribution in [1.29, 1.82) is 0 Å². The highest BCUT2D eigenvalue weighted by atomic mass is 35.5. The zero-order chi connectivity index (χ0) is 21.8. The van der Waals surface area contributed by atoms with E-state index in [0.717, 1.165) is 62.1 Å². The second-order valence-corrected chi connectivity index (χ2v) is 9.08. The smallest absolute Gasteiger partial charge is 0.146 e. The molecule has 2 aliphatic heterocycles. The number of ether oxygens (including phenoxy) is 1. The minimum Gasteiger partial charge on any atom is -0.489 e. The van der Waals surface area contributed by atoms with E-state index in [1.54, 1.807) is 18.2 Å². The van der Waals surface area contributed by atoms with Crippen molar-refractivity contribution >= 4 is 23.0 Å². The van der Waals surface area contributed by atoms with Crippen LogP contribution in [0.4, 0.5) is 15.8 Å². The van der Waals surface area contributed by atoms with Crippen LogP contribution >= 0.6 is 11.6 Å². The zero-order valence-electron chi connectivity index (χ0n) is 18.0. The Kier molecular flexibility index (Phi) is 7.03. The predicted molar refractivity (Wildman–Crippen MR) is 126 cm³/mol. The van der Waals surface area contributed by atoms with Crippen molar-refractivity contribution in [2.75, 3.05) is 43.4 Å². The van der Waals surface area contributed by atoms with E-state index < -0.39 is 0 Å². The number of rotatable bonds is 7. The zero-order valence-corrected chi connectivity index (χ0v) is 18.7. The van der Waals surface area contributed by atoms with Crippen molar-refractivity contribution < 1.29 is 9.13 Å². The van der Waals surface area contributed by atoms with E-state index in [1.807, 2.05) is 18.2 Å². The van der Waals surface area contributed by atoms with Gasteiger partial charge in [0.1, 0.15) is 23.9 Å². The van der Waals surface area contributed by atoms with Crippen LogP contribution in [0.1, 0.15) is 31.2 Å². The number of piperidine rings is 1. The third-order valence-electron chi connectivity index (χ3n) is 6.40. The Morgan fingerprint density at radius 3 is 2.65 bits per heavy atom. The van der Waals surface area contributed by atoms with E-state index in [-0.39, 0.29) is 5.82 Å². The van der Waals surface area contributed by atoms with E-state index in [1.165, 1.54) is 24.8 Å². The van der Waals surface area contributed by atoms with Gasteiger partial charge in [0.25, 0.3) is 0 Å². The number of fused-ring (bicyclic) bond motifs is 1. The molecule has 0 saturated carbocycles. The fraction of sp³-hybridized carbons (Fsp3) is 0.440. The van der Waals surface area contributed by atoms with Crippen LogP contribution in [-0.2, 0) is 6.42 Å². The maximum absolute atomic E-state index is 13.0. The van der Waals surface area contributed by atoms with Gasteiger partial charge in [-0.2, -0.15) is 0 Å². The standard InChI is InChI=1S/C25H31ClFN3O/c1-18(30-13-14-31-24-16-21(26)15-23(28)25(24)30)17-29-11-9-20(10-12-29)4-2-3-19-5-7-22(27)8-6-19/h5-8,15-16,20H,1-4,9-14,17,28H2. The molecule has 0 bridgehead atoms. The van der Waals surface area contributed by atoms with Gasteiger partial charge in [-0.05, 0) is 68.5 Å². The molecule has 1 saturated heterocycles. The van der Waals surface area contributed by atoms with Crippen molar-refractivity contribution in [3.8, 4) is 5.75 Å². The topological polar surface area (TPSA) is 41.7 Å². The molecule has 1 fully saturated rings. The Labute approximate surface area is 189 Å². The maximum Gasteiger partial charge on any atom is 0.146 e. The lowest BCUT2D eigenvalue weighted by molar-refractivity contribution is 0.188. The molecule has 4 nitrogen and oxygen atoms in total. The highest BCUT2D eigenvalue weighted by Crippen LogP contribution is 2.41. The summed E-state index contributed by atoms with van der Waals surface area (Å²) in [7, 11) is 0. The quantitative estimate of drug-likeness (QED) is 0.573. The third-order valence-corrected chi connectivity index (χ3v) is 6.62. The number of hydrogen-bond donors (Lipinski definition) is 1. The molecular weight excluding hydrogens is 413 g/mol. The summed E-state index contributed by atoms with van der Waals surface area (Å²) < 4.78 is 18.8. The van der Waals surface area contributed by atoms with Gasteiger partial charge in [0.05, 0.1) is 12.2 Å². The molecule has 0 spiro atoms. The van der Waals surface area contributed by atoms with Gasteiger partial charge in [-0.3, -0.25) is 4.90 Å². The number of aryl methyl sites for hydroxylation is 1. The van der Waals surface area contributed by atoms with Crippen molar-refractivity contribution in [3.05, 3.63) is 65.1 Å². The molecule has 2 aromatic rings. The van der Waals surface area contributed by atoms with Gasteiger partial charge in [-0.15, -0.1) is 0 Å². The lowest BCUT2D eigenvalue weighted by Gasteiger charge is -2.37.